The van der Waals surface area contributed by atoms with Crippen molar-refractivity contribution in [2.75, 3.05) is 33.1 Å². The number of amides is 3. The van der Waals surface area contributed by atoms with Crippen LogP contribution < -0.4 is 5.32 Å². The van der Waals surface area contributed by atoms with E-state index in [-0.39, 0.29) is 54.5 Å². The number of thioether (sulfide) groups is 1. The molecule has 0 unspecified atom stereocenters. The Morgan fingerprint density at radius 2 is 1.38 bits per heavy atom. The van der Waals surface area contributed by atoms with Gasteiger partial charge in [0.05, 0.1) is 48.9 Å². The molecule has 0 aliphatic carbocycles. The van der Waals surface area contributed by atoms with Gasteiger partial charge in [-0.1, -0.05) is 76.2 Å². The van der Waals surface area contributed by atoms with Crippen molar-refractivity contribution in [1.29, 1.82) is 5.41 Å². The lowest BCUT2D eigenvalue weighted by molar-refractivity contribution is -0.229. The number of likely N-dealkylation sites (tertiary alicyclic amines) is 2. The van der Waals surface area contributed by atoms with Gasteiger partial charge < -0.3 is 34.7 Å². The number of ether oxygens (including phenoxy) is 1. The number of aromatic nitrogens is 4. The van der Waals surface area contributed by atoms with E-state index >= 15 is 0 Å². The van der Waals surface area contributed by atoms with Crippen molar-refractivity contribution in [3.05, 3.63) is 72.6 Å². The summed E-state index contributed by atoms with van der Waals surface area (Å²) in [4.78, 5) is 68.4. The van der Waals surface area contributed by atoms with Crippen LogP contribution in [0.25, 0.3) is 33.6 Å². The number of imidazole rings is 2. The monoisotopic (exact) mass is 864 g/mol. The smallest absolute Gasteiger partial charge is 0.407 e. The first-order chi connectivity index (χ1) is 28.6. The molecule has 0 bridgehead atoms. The van der Waals surface area contributed by atoms with Crippen LogP contribution in [0.3, 0.4) is 0 Å². The third-order valence-electron chi connectivity index (χ3n) is 11.3. The second kappa shape index (κ2) is 19.0. The highest BCUT2D eigenvalue weighted by Gasteiger charge is 2.45. The molecule has 3 amide bonds. The van der Waals surface area contributed by atoms with Crippen LogP contribution in [-0.2, 0) is 34.2 Å². The number of methoxy groups -OCH3 is 1. The summed E-state index contributed by atoms with van der Waals surface area (Å²) in [5.41, 5.74) is 5.17. The first kappa shape index (κ1) is 44.3. The van der Waals surface area contributed by atoms with E-state index in [0.717, 1.165) is 34.4 Å². The number of nitrogens with one attached hydrogen (secondary N) is 4. The molecule has 5 N–H and O–H groups in total. The van der Waals surface area contributed by atoms with Crippen LogP contribution in [0.5, 0.6) is 0 Å². The zero-order valence-electron chi connectivity index (χ0n) is 34.3. The Bertz CT molecular complexity index is 2250. The maximum Gasteiger partial charge on any atom is 0.407 e. The Balaban J connectivity index is 1.15. The zero-order valence-corrected chi connectivity index (χ0v) is 36.0. The summed E-state index contributed by atoms with van der Waals surface area (Å²) in [5.74, 6) is -0.517. The number of carbonyl (C=O) groups is 3. The number of benzene rings is 2. The normalized spacial score (nSPS) is 20.4. The Morgan fingerprint density at radius 3 is 1.85 bits per heavy atom. The number of nitrogens with zero attached hydrogens (tertiary/aromatic N) is 4. The van der Waals surface area contributed by atoms with Crippen LogP contribution in [0.1, 0.15) is 64.3 Å². The third-order valence-corrected chi connectivity index (χ3v) is 13.5. The lowest BCUT2D eigenvalue weighted by atomic mass is 9.95. The molecule has 2 aromatic heterocycles. The van der Waals surface area contributed by atoms with Gasteiger partial charge in [0.25, 0.3) is 10.1 Å². The molecule has 2 aliphatic rings. The topological polar surface area (TPSA) is 233 Å². The summed E-state index contributed by atoms with van der Waals surface area (Å²) < 4.78 is 39.1. The first-order valence-corrected chi connectivity index (χ1v) is 22.4. The molecule has 17 nitrogen and oxygen atoms in total. The van der Waals surface area contributed by atoms with Crippen molar-refractivity contribution < 1.29 is 41.9 Å². The van der Waals surface area contributed by atoms with E-state index in [9.17, 15) is 27.4 Å². The highest BCUT2D eigenvalue weighted by Crippen LogP contribution is 2.39. The minimum absolute atomic E-state index is 0.0406. The minimum Gasteiger partial charge on any atom is -0.453 e. The molecule has 322 valence electrons. The zero-order chi connectivity index (χ0) is 43.3. The van der Waals surface area contributed by atoms with Crippen molar-refractivity contribution in [3.63, 3.8) is 0 Å². The lowest BCUT2D eigenvalue weighted by Gasteiger charge is -2.30. The average molecular weight is 865 g/mol. The maximum atomic E-state index is 13.8. The summed E-state index contributed by atoms with van der Waals surface area (Å²) in [6.45, 7) is 7.62. The first-order valence-electron chi connectivity index (χ1n) is 19.7. The number of hydrogen-bond acceptors (Lipinski definition) is 12. The Labute approximate surface area is 353 Å². The number of H-pyrrole nitrogens is 2. The maximum absolute atomic E-state index is 13.8. The second-order valence-corrected chi connectivity index (χ2v) is 18.5. The molecule has 0 spiro atoms. The van der Waals surface area contributed by atoms with Crippen LogP contribution in [0, 0.1) is 23.2 Å². The van der Waals surface area contributed by atoms with Crippen LogP contribution in [0.4, 0.5) is 4.79 Å². The molecule has 4 heterocycles. The fourth-order valence-electron chi connectivity index (χ4n) is 7.76. The molecule has 6 atom stereocenters. The van der Waals surface area contributed by atoms with E-state index in [2.05, 4.69) is 25.2 Å². The van der Waals surface area contributed by atoms with Gasteiger partial charge in [-0.25, -0.2) is 14.8 Å². The SMILES string of the molecule is COC(=O)N[C@H](C(=O)N1C[C@@H](SC)C[C@H]1c1ncc(-c2ccc(-c3ccc(-c4cnc([C@@H]5C[C@H](S(=O)(=O)O)CN5C(=O)[C@@H](COOC=N)C(C)C)[nH]4)cc3)cc2)[nH]1)C(C)C. The predicted molar refractivity (Wildman–Crippen MR) is 226 cm³/mol. The number of carbonyl (C=O) groups excluding carboxylic acids is 3. The van der Waals surface area contributed by atoms with Gasteiger partial charge in [0.15, 0.2) is 0 Å². The largest absolute Gasteiger partial charge is 0.453 e. The molecule has 19 heteroatoms. The van der Waals surface area contributed by atoms with Crippen molar-refractivity contribution in [3.8, 4) is 33.6 Å². The van der Waals surface area contributed by atoms with Gasteiger partial charge in [-0.3, -0.25) is 19.6 Å². The quantitative estimate of drug-likeness (QED) is 0.0222. The number of hydrogen-bond donors (Lipinski definition) is 5. The van der Waals surface area contributed by atoms with Gasteiger partial charge in [0.2, 0.25) is 18.2 Å². The molecule has 4 aromatic rings. The minimum atomic E-state index is -4.44. The van der Waals surface area contributed by atoms with Gasteiger partial charge in [-0.05, 0) is 53.2 Å². The number of alkyl carbamates (subject to hydrolysis) is 1. The highest BCUT2D eigenvalue weighted by atomic mass is 32.2. The Hall–Kier alpha value is -5.24. The van der Waals surface area contributed by atoms with Crippen molar-refractivity contribution >= 4 is 46.2 Å². The average Bonchev–Trinajstić information content (AvgIpc) is 4.06. The number of rotatable bonds is 16. The molecule has 2 aliphatic heterocycles. The van der Waals surface area contributed by atoms with Gasteiger partial charge in [0, 0.05) is 18.3 Å². The standard InChI is InChI=1S/C41H52N8O9S2/c1-23(2)31(21-57-58-22-42)39(50)49-20-30(60(53,54)55)16-35(49)38-44-18-33(46-38)28-13-9-26(10-14-28)25-7-11-27(12-8-25)32-17-43-37(45-32)34-15-29(59-6)19-48(34)40(51)36(24(3)4)47-41(52)56-5/h7-14,17-18,22-24,29-31,34-36,42H,15-16,19-21H2,1-6H3,(H,43,45)(H,44,46)(H,47,52)(H,53,54,55)/t29-,30-,31-,34-,35-,36-/m0/s1. The fraction of sp³-hybridized carbons (Fsp3) is 0.463. The molecule has 0 saturated carbocycles. The van der Waals surface area contributed by atoms with Crippen LogP contribution in [0.15, 0.2) is 60.9 Å². The van der Waals surface area contributed by atoms with E-state index in [0.29, 0.717) is 30.3 Å². The summed E-state index contributed by atoms with van der Waals surface area (Å²) >= 11 is 1.70. The van der Waals surface area contributed by atoms with E-state index < -0.39 is 39.5 Å². The highest BCUT2D eigenvalue weighted by molar-refractivity contribution is 7.99. The summed E-state index contributed by atoms with van der Waals surface area (Å²) in [6, 6.07) is 14.1. The molecular weight excluding hydrogens is 813 g/mol. The molecule has 0 radical (unpaired) electrons. The van der Waals surface area contributed by atoms with Crippen molar-refractivity contribution in [1.82, 2.24) is 35.1 Å². The summed E-state index contributed by atoms with van der Waals surface area (Å²) in [5, 5.41) is 8.75. The van der Waals surface area contributed by atoms with Gasteiger partial charge >= 0.3 is 6.09 Å². The Kier molecular flexibility index (Phi) is 14.0. The second-order valence-electron chi connectivity index (χ2n) is 15.7. The van der Waals surface area contributed by atoms with Crippen LogP contribution in [-0.4, -0.2) is 117 Å². The molecule has 2 fully saturated rings. The third kappa shape index (κ3) is 9.86. The molecule has 2 saturated heterocycles. The Morgan fingerprint density at radius 1 is 0.867 bits per heavy atom. The predicted octanol–water partition coefficient (Wildman–Crippen LogP) is 5.88. The van der Waals surface area contributed by atoms with Crippen LogP contribution >= 0.6 is 11.8 Å². The molecular formula is C41H52N8O9S2. The number of aromatic amines is 2. The summed E-state index contributed by atoms with van der Waals surface area (Å²) in [7, 11) is -3.17. The van der Waals surface area contributed by atoms with Gasteiger partial charge in [-0.15, -0.1) is 0 Å². The van der Waals surface area contributed by atoms with Gasteiger partial charge in [-0.2, -0.15) is 25.1 Å². The van der Waals surface area contributed by atoms with E-state index in [1.807, 2.05) is 87.4 Å². The van der Waals surface area contributed by atoms with Crippen LogP contribution in [0.2, 0.25) is 0 Å². The van der Waals surface area contributed by atoms with E-state index in [4.69, 9.17) is 20.0 Å². The van der Waals surface area contributed by atoms with Crippen molar-refractivity contribution in [2.24, 2.45) is 17.8 Å². The van der Waals surface area contributed by atoms with Crippen molar-refractivity contribution in [2.45, 2.75) is 69.2 Å². The lowest BCUT2D eigenvalue weighted by Crippen LogP contribution is -2.51. The van der Waals surface area contributed by atoms with Gasteiger partial charge in [0.1, 0.15) is 29.5 Å². The molecule has 2 aromatic carbocycles. The summed E-state index contributed by atoms with van der Waals surface area (Å²) in [6.07, 6.45) is 6.08. The fourth-order valence-corrected chi connectivity index (χ4v) is 9.22. The van der Waals surface area contributed by atoms with E-state index in [1.165, 1.54) is 12.0 Å². The molecule has 6 rings (SSSR count). The van der Waals surface area contributed by atoms with E-state index in [1.54, 1.807) is 24.2 Å². The molecule has 60 heavy (non-hydrogen) atoms.